The number of fused-ring (bicyclic) bond motifs is 3. The molecule has 4 aromatic rings. The molecule has 2 aliphatic heterocycles. The molecular weight excluding hydrogens is 644 g/mol. The number of nitrogens with one attached hydrogen (secondary N) is 1. The van der Waals surface area contributed by atoms with Crippen LogP contribution in [0.3, 0.4) is 0 Å². The minimum absolute atomic E-state index is 0. The smallest absolute Gasteiger partial charge is 0.296 e. The largest absolute Gasteiger partial charge is 0.330 e. The summed E-state index contributed by atoms with van der Waals surface area (Å²) in [7, 11) is 8.15. The standard InChI is InChI=1S/C19H19N3O.C9H7NO2.C6H8O2.C5H14N2.CH4/c1-12-7-8-14-13(11-12)17-18-15(20-14)5-4-6-16(18)22(19(17)23)10-9-21(2)3;1-5-2-3-7-6(4-5)8(11)9(12)10-7;7-5-2-1-3-6(8)4-5;1-7(2)5-3-4-6;/h4-8,11H,9-10H2,1-3H3;2-4H,1H3,(H,10,11,12);1-4H2;3-6H2,1-2H3;1H4. The van der Waals surface area contributed by atoms with Gasteiger partial charge in [0.05, 0.1) is 40.0 Å². The Morgan fingerprint density at radius 3 is 2.06 bits per heavy atom. The van der Waals surface area contributed by atoms with Crippen molar-refractivity contribution in [2.45, 2.75) is 53.4 Å². The topological polar surface area (TPSA) is 146 Å². The summed E-state index contributed by atoms with van der Waals surface area (Å²) in [5, 5.41) is 4.44. The number of pyridine rings is 1. The van der Waals surface area contributed by atoms with Gasteiger partial charge in [-0.1, -0.05) is 36.8 Å². The molecule has 3 heterocycles. The second-order valence-corrected chi connectivity index (χ2v) is 13.3. The van der Waals surface area contributed by atoms with Gasteiger partial charge in [-0.05, 0) is 104 Å². The summed E-state index contributed by atoms with van der Waals surface area (Å²) in [5.74, 6) is -0.650. The van der Waals surface area contributed by atoms with Crippen LogP contribution in [0.25, 0.3) is 21.8 Å². The highest BCUT2D eigenvalue weighted by Gasteiger charge is 2.32. The van der Waals surface area contributed by atoms with Crippen molar-refractivity contribution in [3.8, 4) is 0 Å². The fraction of sp³-hybridized carbons (Fsp3) is 0.400. The number of amides is 2. The van der Waals surface area contributed by atoms with Crippen LogP contribution in [0.2, 0.25) is 0 Å². The summed E-state index contributed by atoms with van der Waals surface area (Å²) < 4.78 is 0. The Balaban J connectivity index is 0.000000210. The maximum Gasteiger partial charge on any atom is 0.296 e. The summed E-state index contributed by atoms with van der Waals surface area (Å²) in [4.78, 5) is 66.9. The normalized spacial score (nSPS) is 14.4. The second kappa shape index (κ2) is 18.4. The lowest BCUT2D eigenvalue weighted by Crippen LogP contribution is -2.34. The van der Waals surface area contributed by atoms with E-state index in [1.54, 1.807) is 12.1 Å². The lowest BCUT2D eigenvalue weighted by atomic mass is 9.98. The maximum absolute atomic E-state index is 13.1. The van der Waals surface area contributed by atoms with Gasteiger partial charge in [0.1, 0.15) is 11.6 Å². The zero-order valence-corrected chi connectivity index (χ0v) is 30.0. The van der Waals surface area contributed by atoms with E-state index in [4.69, 9.17) is 10.7 Å². The summed E-state index contributed by atoms with van der Waals surface area (Å²) in [5.41, 5.74) is 12.1. The van der Waals surface area contributed by atoms with E-state index >= 15 is 0 Å². The number of Topliss-reactive ketones (excluding diaryl/α,β-unsaturated/α-hetero) is 3. The number of nitrogens with zero attached hydrogens (tertiary/aromatic N) is 4. The Kier molecular flexibility index (Phi) is 14.7. The molecule has 3 N–H and O–H groups in total. The van der Waals surface area contributed by atoms with Crippen LogP contribution < -0.4 is 16.0 Å². The number of hydrogen-bond acceptors (Lipinski definition) is 9. The van der Waals surface area contributed by atoms with Gasteiger partial charge in [0.15, 0.2) is 0 Å². The quantitative estimate of drug-likeness (QED) is 0.150. The molecule has 11 nitrogen and oxygen atoms in total. The van der Waals surface area contributed by atoms with Crippen LogP contribution in [0.5, 0.6) is 0 Å². The van der Waals surface area contributed by atoms with E-state index < -0.39 is 11.7 Å². The van der Waals surface area contributed by atoms with Crippen LogP contribution in [-0.4, -0.2) is 98.3 Å². The Labute approximate surface area is 301 Å². The summed E-state index contributed by atoms with van der Waals surface area (Å²) >= 11 is 0. The van der Waals surface area contributed by atoms with Crippen LogP contribution in [-0.2, 0) is 14.4 Å². The summed E-state index contributed by atoms with van der Waals surface area (Å²) in [6.45, 7) is 7.37. The van der Waals surface area contributed by atoms with E-state index in [1.807, 2.05) is 69.2 Å². The van der Waals surface area contributed by atoms with Crippen molar-refractivity contribution >= 4 is 62.3 Å². The summed E-state index contributed by atoms with van der Waals surface area (Å²) in [6, 6.07) is 17.4. The first kappa shape index (κ1) is 40.6. The molecule has 3 aliphatic rings. The van der Waals surface area contributed by atoms with E-state index in [2.05, 4.69) is 35.3 Å². The number of benzene rings is 3. The highest BCUT2D eigenvalue weighted by Crippen LogP contribution is 2.40. The third-order valence-electron chi connectivity index (χ3n) is 8.44. The zero-order valence-electron chi connectivity index (χ0n) is 30.0. The number of carbonyl (C=O) groups is 5. The molecule has 1 aliphatic carbocycles. The van der Waals surface area contributed by atoms with Gasteiger partial charge in [-0.25, -0.2) is 4.98 Å². The van der Waals surface area contributed by atoms with Crippen LogP contribution in [0.1, 0.15) is 71.4 Å². The van der Waals surface area contributed by atoms with Gasteiger partial charge in [-0.2, -0.15) is 0 Å². The minimum atomic E-state index is -0.532. The number of ketones is 3. The lowest BCUT2D eigenvalue weighted by Gasteiger charge is -2.20. The first-order chi connectivity index (χ1) is 23.8. The Bertz CT molecular complexity index is 1900. The van der Waals surface area contributed by atoms with Gasteiger partial charge in [0.2, 0.25) is 0 Å². The van der Waals surface area contributed by atoms with Crippen molar-refractivity contribution in [1.29, 1.82) is 0 Å². The number of rotatable bonds is 6. The van der Waals surface area contributed by atoms with Crippen molar-refractivity contribution in [1.82, 2.24) is 14.8 Å². The van der Waals surface area contributed by atoms with E-state index in [0.717, 1.165) is 76.7 Å². The third-order valence-corrected chi connectivity index (χ3v) is 8.44. The highest BCUT2D eigenvalue weighted by atomic mass is 16.2. The highest BCUT2D eigenvalue weighted by molar-refractivity contribution is 6.51. The Morgan fingerprint density at radius 1 is 0.824 bits per heavy atom. The van der Waals surface area contributed by atoms with Crippen LogP contribution in [0, 0.1) is 13.8 Å². The van der Waals surface area contributed by atoms with Crippen molar-refractivity contribution < 1.29 is 24.0 Å². The molecule has 2 amide bonds. The zero-order chi connectivity index (χ0) is 36.5. The molecule has 0 bridgehead atoms. The number of carbonyl (C=O) groups excluding carboxylic acids is 5. The van der Waals surface area contributed by atoms with Gasteiger partial charge < -0.3 is 25.8 Å². The molecule has 1 saturated carbocycles. The van der Waals surface area contributed by atoms with Crippen molar-refractivity contribution in [3.05, 3.63) is 76.9 Å². The van der Waals surface area contributed by atoms with Gasteiger partial charge in [-0.15, -0.1) is 0 Å². The number of anilines is 2. The molecule has 272 valence electrons. The monoisotopic (exact) mass is 696 g/mol. The fourth-order valence-electron chi connectivity index (χ4n) is 5.85. The molecule has 0 unspecified atom stereocenters. The van der Waals surface area contributed by atoms with E-state index in [0.29, 0.717) is 30.6 Å². The first-order valence-corrected chi connectivity index (χ1v) is 16.9. The average Bonchev–Trinajstić information content (AvgIpc) is 3.52. The molecule has 1 fully saturated rings. The molecular formula is C40H52N6O5. The predicted molar refractivity (Wildman–Crippen MR) is 206 cm³/mol. The molecule has 1 aromatic heterocycles. The third kappa shape index (κ3) is 10.3. The second-order valence-electron chi connectivity index (χ2n) is 13.3. The number of aryl methyl sites for hydroxylation is 2. The molecule has 0 atom stereocenters. The molecule has 0 saturated heterocycles. The Hall–Kier alpha value is -4.84. The van der Waals surface area contributed by atoms with Gasteiger partial charge in [0, 0.05) is 36.7 Å². The molecule has 11 heteroatoms. The van der Waals surface area contributed by atoms with Gasteiger partial charge >= 0.3 is 0 Å². The number of nitrogens with two attached hydrogens (primary N) is 1. The molecule has 0 radical (unpaired) electrons. The molecule has 7 rings (SSSR count). The van der Waals surface area contributed by atoms with Crippen LogP contribution in [0.15, 0.2) is 54.6 Å². The van der Waals surface area contributed by atoms with Gasteiger partial charge in [-0.3, -0.25) is 24.0 Å². The Morgan fingerprint density at radius 2 is 1.47 bits per heavy atom. The maximum atomic E-state index is 13.1. The van der Waals surface area contributed by atoms with Crippen molar-refractivity contribution in [2.75, 3.05) is 64.6 Å². The lowest BCUT2D eigenvalue weighted by molar-refractivity contribution is -0.129. The van der Waals surface area contributed by atoms with E-state index in [-0.39, 0.29) is 31.3 Å². The number of hydrogen-bond donors (Lipinski definition) is 2. The molecule has 0 spiro atoms. The van der Waals surface area contributed by atoms with Crippen LogP contribution >= 0.6 is 0 Å². The minimum Gasteiger partial charge on any atom is -0.330 e. The number of aromatic nitrogens is 1. The fourth-order valence-corrected chi connectivity index (χ4v) is 5.85. The van der Waals surface area contributed by atoms with Crippen molar-refractivity contribution in [2.24, 2.45) is 5.73 Å². The number of likely N-dealkylation sites (N-methyl/N-ethyl adjacent to an activating group) is 1. The van der Waals surface area contributed by atoms with E-state index in [1.165, 1.54) is 0 Å². The molecule has 51 heavy (non-hydrogen) atoms. The van der Waals surface area contributed by atoms with Crippen LogP contribution in [0.4, 0.5) is 11.4 Å². The summed E-state index contributed by atoms with van der Waals surface area (Å²) in [6.07, 6.45) is 3.31. The van der Waals surface area contributed by atoms with Crippen molar-refractivity contribution in [3.63, 3.8) is 0 Å². The first-order valence-electron chi connectivity index (χ1n) is 16.9. The average molecular weight is 697 g/mol. The predicted octanol–water partition coefficient (Wildman–Crippen LogP) is 5.58. The SMILES string of the molecule is C.CN(C)CCCN.Cc1ccc2c(c1)C(=O)C(=O)N2.Cc1ccc2nc3cccc4c3c(c2c1)C(=O)N4CCN(C)C.O=C1CCCC(=O)C1. The van der Waals surface area contributed by atoms with E-state index in [9.17, 15) is 24.0 Å². The van der Waals surface area contributed by atoms with Gasteiger partial charge in [0.25, 0.3) is 17.6 Å². The molecule has 3 aromatic carbocycles.